The Hall–Kier alpha value is -2.02. The molecule has 0 aromatic carbocycles. The van der Waals surface area contributed by atoms with E-state index in [4.69, 9.17) is 0 Å². The Morgan fingerprint density at radius 2 is 2.19 bits per heavy atom. The van der Waals surface area contributed by atoms with Crippen molar-refractivity contribution in [1.29, 1.82) is 0 Å². The molecule has 21 heavy (non-hydrogen) atoms. The highest BCUT2D eigenvalue weighted by molar-refractivity contribution is 7.09. The third kappa shape index (κ3) is 2.61. The van der Waals surface area contributed by atoms with E-state index in [1.165, 1.54) is 0 Å². The fraction of sp³-hybridized carbons (Fsp3) is 0.429. The second-order valence-corrected chi connectivity index (χ2v) is 6.24. The van der Waals surface area contributed by atoms with Crippen molar-refractivity contribution in [3.63, 3.8) is 0 Å². The van der Waals surface area contributed by atoms with Crippen LogP contribution in [0, 0.1) is 24.0 Å². The van der Waals surface area contributed by atoms with Crippen LogP contribution in [0.3, 0.4) is 0 Å². The average molecular weight is 304 g/mol. The number of pyridine rings is 1. The smallest absolute Gasteiger partial charge is 0.290 e. The molecule has 0 amide bonds. The molecule has 0 aliphatic carbocycles. The maximum Gasteiger partial charge on any atom is 0.290 e. The molecular weight excluding hydrogens is 288 g/mol. The molecule has 3 heterocycles. The molecule has 0 saturated carbocycles. The number of rotatable bonds is 3. The van der Waals surface area contributed by atoms with Gasteiger partial charge < -0.3 is 4.90 Å². The van der Waals surface area contributed by atoms with Gasteiger partial charge in [-0.2, -0.15) is 0 Å². The summed E-state index contributed by atoms with van der Waals surface area (Å²) in [6.07, 6.45) is 2.12. The summed E-state index contributed by atoms with van der Waals surface area (Å²) in [7, 11) is 0. The summed E-state index contributed by atoms with van der Waals surface area (Å²) in [6.45, 7) is 4.59. The Kier molecular flexibility index (Phi) is 3.59. The zero-order valence-corrected chi connectivity index (χ0v) is 12.8. The molecule has 3 rings (SSSR count). The number of hydrogen-bond donors (Lipinski definition) is 0. The number of nitrogens with zero attached hydrogens (tertiary/aromatic N) is 4. The van der Waals surface area contributed by atoms with Crippen molar-refractivity contribution in [1.82, 2.24) is 9.97 Å². The standard InChI is InChI=1S/C14H16N4O2S/c1-9-12(18(19)20)5-6-14(15-9)17-7-3-4-13(17)11-8-21-10(2)16-11/h5-6,8,13H,3-4,7H2,1-2H3. The lowest BCUT2D eigenvalue weighted by molar-refractivity contribution is -0.385. The molecule has 2 aromatic heterocycles. The summed E-state index contributed by atoms with van der Waals surface area (Å²) in [4.78, 5) is 21.7. The normalized spacial score (nSPS) is 18.2. The Morgan fingerprint density at radius 1 is 1.38 bits per heavy atom. The first-order valence-electron chi connectivity index (χ1n) is 6.87. The first-order chi connectivity index (χ1) is 10.1. The predicted molar refractivity (Wildman–Crippen MR) is 81.8 cm³/mol. The molecule has 1 aliphatic rings. The van der Waals surface area contributed by atoms with Gasteiger partial charge in [0.1, 0.15) is 11.5 Å². The number of aryl methyl sites for hydroxylation is 2. The molecule has 7 heteroatoms. The van der Waals surface area contributed by atoms with Gasteiger partial charge in [-0.05, 0) is 32.8 Å². The number of anilines is 1. The molecule has 110 valence electrons. The third-order valence-electron chi connectivity index (χ3n) is 3.77. The Balaban J connectivity index is 1.92. The zero-order valence-electron chi connectivity index (χ0n) is 11.9. The van der Waals surface area contributed by atoms with Gasteiger partial charge in [-0.3, -0.25) is 10.1 Å². The lowest BCUT2D eigenvalue weighted by atomic mass is 10.1. The van der Waals surface area contributed by atoms with Gasteiger partial charge in [0.15, 0.2) is 0 Å². The minimum Gasteiger partial charge on any atom is -0.348 e. The van der Waals surface area contributed by atoms with Crippen LogP contribution < -0.4 is 4.90 Å². The van der Waals surface area contributed by atoms with Crippen molar-refractivity contribution < 1.29 is 4.92 Å². The van der Waals surface area contributed by atoms with E-state index < -0.39 is 4.92 Å². The van der Waals surface area contributed by atoms with Gasteiger partial charge in [0.2, 0.25) is 0 Å². The number of thiazole rings is 1. The van der Waals surface area contributed by atoms with Crippen LogP contribution in [0.4, 0.5) is 11.5 Å². The molecule has 2 aromatic rings. The summed E-state index contributed by atoms with van der Waals surface area (Å²) < 4.78 is 0. The maximum atomic E-state index is 10.9. The highest BCUT2D eigenvalue weighted by atomic mass is 32.1. The Labute approximate surface area is 126 Å². The second-order valence-electron chi connectivity index (χ2n) is 5.17. The fourth-order valence-corrected chi connectivity index (χ4v) is 3.43. The van der Waals surface area contributed by atoms with Crippen LogP contribution in [0.1, 0.15) is 35.3 Å². The van der Waals surface area contributed by atoms with E-state index in [1.54, 1.807) is 30.4 Å². The second kappa shape index (κ2) is 5.40. The average Bonchev–Trinajstić information content (AvgIpc) is 3.06. The lowest BCUT2D eigenvalue weighted by Crippen LogP contribution is -2.24. The van der Waals surface area contributed by atoms with Crippen LogP contribution >= 0.6 is 11.3 Å². The number of nitro groups is 1. The lowest BCUT2D eigenvalue weighted by Gasteiger charge is -2.24. The van der Waals surface area contributed by atoms with Crippen LogP contribution in [-0.2, 0) is 0 Å². The summed E-state index contributed by atoms with van der Waals surface area (Å²) in [6, 6.07) is 3.51. The van der Waals surface area contributed by atoms with Crippen LogP contribution in [0.2, 0.25) is 0 Å². The van der Waals surface area contributed by atoms with Crippen molar-refractivity contribution in [3.05, 3.63) is 44.0 Å². The SMILES string of the molecule is Cc1nc(C2CCCN2c2ccc([N+](=O)[O-])c(C)n2)cs1. The van der Waals surface area contributed by atoms with Crippen LogP contribution in [0.25, 0.3) is 0 Å². The van der Waals surface area contributed by atoms with Gasteiger partial charge >= 0.3 is 0 Å². The van der Waals surface area contributed by atoms with E-state index in [2.05, 4.69) is 20.2 Å². The van der Waals surface area contributed by atoms with Crippen LogP contribution in [0.15, 0.2) is 17.5 Å². The van der Waals surface area contributed by atoms with Gasteiger partial charge in [-0.1, -0.05) is 0 Å². The molecule has 0 radical (unpaired) electrons. The van der Waals surface area contributed by atoms with E-state index in [1.807, 2.05) is 6.92 Å². The minimum absolute atomic E-state index is 0.0685. The summed E-state index contributed by atoms with van der Waals surface area (Å²) in [5, 5.41) is 14.0. The molecule has 1 aliphatic heterocycles. The molecule has 0 N–H and O–H groups in total. The van der Waals surface area contributed by atoms with E-state index in [0.29, 0.717) is 5.69 Å². The molecule has 1 fully saturated rings. The predicted octanol–water partition coefficient (Wildman–Crippen LogP) is 3.40. The minimum atomic E-state index is -0.391. The van der Waals surface area contributed by atoms with Crippen molar-refractivity contribution in [2.45, 2.75) is 32.7 Å². The summed E-state index contributed by atoms with van der Waals surface area (Å²) in [5.41, 5.74) is 1.60. The van der Waals surface area contributed by atoms with E-state index in [0.717, 1.165) is 35.9 Å². The van der Waals surface area contributed by atoms with Crippen molar-refractivity contribution in [2.24, 2.45) is 0 Å². The van der Waals surface area contributed by atoms with Crippen molar-refractivity contribution in [3.8, 4) is 0 Å². The number of aromatic nitrogens is 2. The molecule has 1 atom stereocenters. The first kappa shape index (κ1) is 13.9. The van der Waals surface area contributed by atoms with Gasteiger partial charge in [0.05, 0.1) is 21.7 Å². The zero-order chi connectivity index (χ0) is 15.0. The Bertz CT molecular complexity index is 685. The topological polar surface area (TPSA) is 72.2 Å². The molecule has 6 nitrogen and oxygen atoms in total. The third-order valence-corrected chi connectivity index (χ3v) is 4.56. The number of hydrogen-bond acceptors (Lipinski definition) is 6. The van der Waals surface area contributed by atoms with Gasteiger partial charge in [0.25, 0.3) is 5.69 Å². The van der Waals surface area contributed by atoms with Crippen LogP contribution in [-0.4, -0.2) is 21.4 Å². The highest BCUT2D eigenvalue weighted by Gasteiger charge is 2.29. The molecule has 1 unspecified atom stereocenters. The first-order valence-corrected chi connectivity index (χ1v) is 7.75. The summed E-state index contributed by atoms with van der Waals surface area (Å²) in [5.74, 6) is 0.797. The van der Waals surface area contributed by atoms with Gasteiger partial charge in [-0.15, -0.1) is 11.3 Å². The molecular formula is C14H16N4O2S. The van der Waals surface area contributed by atoms with E-state index >= 15 is 0 Å². The van der Waals surface area contributed by atoms with Gasteiger partial charge in [0, 0.05) is 18.0 Å². The largest absolute Gasteiger partial charge is 0.348 e. The Morgan fingerprint density at radius 3 is 2.81 bits per heavy atom. The van der Waals surface area contributed by atoms with E-state index in [-0.39, 0.29) is 11.7 Å². The molecule has 0 bridgehead atoms. The van der Waals surface area contributed by atoms with Crippen molar-refractivity contribution in [2.75, 3.05) is 11.4 Å². The van der Waals surface area contributed by atoms with Gasteiger partial charge in [-0.25, -0.2) is 9.97 Å². The van der Waals surface area contributed by atoms with Crippen molar-refractivity contribution >= 4 is 22.8 Å². The molecule has 1 saturated heterocycles. The fourth-order valence-electron chi connectivity index (χ4n) is 2.77. The van der Waals surface area contributed by atoms with Crippen LogP contribution in [0.5, 0.6) is 0 Å². The maximum absolute atomic E-state index is 10.9. The highest BCUT2D eigenvalue weighted by Crippen LogP contribution is 2.36. The van der Waals surface area contributed by atoms with E-state index in [9.17, 15) is 10.1 Å². The quantitative estimate of drug-likeness (QED) is 0.642. The summed E-state index contributed by atoms with van der Waals surface area (Å²) >= 11 is 1.65. The molecule has 0 spiro atoms. The monoisotopic (exact) mass is 304 g/mol.